The second kappa shape index (κ2) is 14.9. The maximum Gasteiger partial charge on any atom is 0.491 e. The van der Waals surface area contributed by atoms with E-state index in [1.54, 1.807) is 12.1 Å². The molecule has 1 radical (unpaired) electrons. The average molecular weight is 662 g/mol. The average Bonchev–Trinajstić information content (AvgIpc) is 3.39. The third-order valence-corrected chi connectivity index (χ3v) is 8.31. The van der Waals surface area contributed by atoms with Gasteiger partial charge in [-0.25, -0.2) is 8.78 Å². The van der Waals surface area contributed by atoms with Crippen LogP contribution in [0.5, 0.6) is 0 Å². The number of fused-ring (bicyclic) bond motifs is 2. The summed E-state index contributed by atoms with van der Waals surface area (Å²) in [6.07, 6.45) is 5.41. The molecule has 6 nitrogen and oxygen atoms in total. The van der Waals surface area contributed by atoms with Crippen LogP contribution in [0.25, 0.3) is 16.5 Å². The van der Waals surface area contributed by atoms with Gasteiger partial charge in [0.1, 0.15) is 0 Å². The van der Waals surface area contributed by atoms with Crippen LogP contribution in [0.2, 0.25) is 15.1 Å². The van der Waals surface area contributed by atoms with Crippen LogP contribution in [0.3, 0.4) is 0 Å². The summed E-state index contributed by atoms with van der Waals surface area (Å²) in [6, 6.07) is 15.8. The summed E-state index contributed by atoms with van der Waals surface area (Å²) in [6.45, 7) is 6.47. The Balaban J connectivity index is 0.000000182. The highest BCUT2D eigenvalue weighted by atomic mass is 35.5. The van der Waals surface area contributed by atoms with Crippen LogP contribution in [0.1, 0.15) is 25.0 Å². The van der Waals surface area contributed by atoms with Gasteiger partial charge in [-0.1, -0.05) is 65.1 Å². The Hall–Kier alpha value is -2.92. The molecule has 0 spiro atoms. The van der Waals surface area contributed by atoms with E-state index >= 15 is 0 Å². The van der Waals surface area contributed by atoms with Crippen molar-refractivity contribution in [2.75, 3.05) is 26.7 Å². The second-order valence-corrected chi connectivity index (χ2v) is 11.7. The van der Waals surface area contributed by atoms with Crippen LogP contribution < -0.4 is 5.46 Å². The summed E-state index contributed by atoms with van der Waals surface area (Å²) >= 11 is 16.6. The zero-order valence-electron chi connectivity index (χ0n) is 24.4. The first-order valence-electron chi connectivity index (χ1n) is 14.1. The molecule has 0 unspecified atom stereocenters. The summed E-state index contributed by atoms with van der Waals surface area (Å²) in [4.78, 5) is 20.6. The van der Waals surface area contributed by atoms with Crippen LogP contribution in [0, 0.1) is 23.6 Å². The number of carbonyl (C=O) groups is 1. The van der Waals surface area contributed by atoms with E-state index in [1.807, 2.05) is 4.90 Å². The fraction of sp³-hybridized carbons (Fsp3) is 0.281. The Labute approximate surface area is 271 Å². The van der Waals surface area contributed by atoms with Gasteiger partial charge < -0.3 is 19.9 Å². The standard InChI is InChI=1S/C20H25N3O.C6H5BF2O2.C6H2Cl3/c1-4-23(5-2)20(24)14-9-16-15-7-6-8-17-19(15)13(11-21-17)10-18(16)22(3)12-14;8-5-3-1-2-4(6(5)9)7(10)11;7-4-1-5(8)3-6(9)2-4/h6-9,11,14,18,21H,4-5,10,12H2,1-3H3;1-3,10-11H;1-2H/t14-,18-;;/m1../s1. The number of aromatic nitrogens is 1. The lowest BCUT2D eigenvalue weighted by molar-refractivity contribution is -0.134. The molecule has 2 heterocycles. The quantitative estimate of drug-likeness (QED) is 0.235. The van der Waals surface area contributed by atoms with Crippen LogP contribution in [-0.4, -0.2) is 70.6 Å². The third kappa shape index (κ3) is 7.65. The van der Waals surface area contributed by atoms with Gasteiger partial charge in [0.2, 0.25) is 5.91 Å². The minimum Gasteiger partial charge on any atom is -0.423 e. The second-order valence-electron chi connectivity index (χ2n) is 10.5. The number of H-pyrrole nitrogens is 1. The lowest BCUT2D eigenvalue weighted by Gasteiger charge is -2.40. The van der Waals surface area contributed by atoms with Crippen molar-refractivity contribution < 1.29 is 23.6 Å². The smallest absolute Gasteiger partial charge is 0.423 e. The predicted octanol–water partition coefficient (Wildman–Crippen LogP) is 6.00. The summed E-state index contributed by atoms with van der Waals surface area (Å²) < 4.78 is 24.9. The Morgan fingerprint density at radius 2 is 1.75 bits per heavy atom. The highest BCUT2D eigenvalue weighted by Crippen LogP contribution is 2.41. The summed E-state index contributed by atoms with van der Waals surface area (Å²) in [7, 11) is 0.184. The van der Waals surface area contributed by atoms with Crippen molar-refractivity contribution in [3.63, 3.8) is 0 Å². The van der Waals surface area contributed by atoms with Crippen molar-refractivity contribution in [3.05, 3.63) is 105 Å². The van der Waals surface area contributed by atoms with E-state index in [4.69, 9.17) is 44.9 Å². The fourth-order valence-electron chi connectivity index (χ4n) is 5.57. The van der Waals surface area contributed by atoms with E-state index in [-0.39, 0.29) is 11.8 Å². The first-order chi connectivity index (χ1) is 20.9. The molecule has 2 atom stereocenters. The van der Waals surface area contributed by atoms with Crippen molar-refractivity contribution in [2.24, 2.45) is 5.92 Å². The lowest BCUT2D eigenvalue weighted by Crippen LogP contribution is -2.47. The van der Waals surface area contributed by atoms with Gasteiger partial charge in [0.05, 0.1) is 16.0 Å². The molecule has 3 aromatic carbocycles. The minimum atomic E-state index is -1.97. The van der Waals surface area contributed by atoms with Gasteiger partial charge in [-0.15, -0.1) is 0 Å². The molecule has 1 aliphatic heterocycles. The molecule has 1 aromatic heterocycles. The molecule has 1 amide bonds. The van der Waals surface area contributed by atoms with Gasteiger partial charge in [-0.2, -0.15) is 0 Å². The number of likely N-dealkylation sites (N-methyl/N-ethyl adjacent to an activating group) is 1. The Kier molecular flexibility index (Phi) is 11.5. The molecule has 6 rings (SSSR count). The van der Waals surface area contributed by atoms with Crippen LogP contribution in [0.4, 0.5) is 8.78 Å². The molecule has 3 N–H and O–H groups in total. The van der Waals surface area contributed by atoms with E-state index in [1.165, 1.54) is 33.7 Å². The zero-order valence-corrected chi connectivity index (χ0v) is 26.7. The first-order valence-corrected chi connectivity index (χ1v) is 15.2. The molecule has 0 fully saturated rings. The predicted molar refractivity (Wildman–Crippen MR) is 174 cm³/mol. The van der Waals surface area contributed by atoms with Crippen molar-refractivity contribution in [2.45, 2.75) is 26.3 Å². The van der Waals surface area contributed by atoms with Crippen LogP contribution in [0.15, 0.2) is 60.8 Å². The minimum absolute atomic E-state index is 0.0445. The van der Waals surface area contributed by atoms with Crippen molar-refractivity contribution in [1.29, 1.82) is 0 Å². The van der Waals surface area contributed by atoms with Crippen LogP contribution in [-0.2, 0) is 11.2 Å². The van der Waals surface area contributed by atoms with Gasteiger partial charge in [0.15, 0.2) is 11.6 Å². The topological polar surface area (TPSA) is 79.8 Å². The maximum atomic E-state index is 12.9. The maximum absolute atomic E-state index is 12.9. The number of aromatic amines is 1. The van der Waals surface area contributed by atoms with Gasteiger partial charge >= 0.3 is 7.12 Å². The summed E-state index contributed by atoms with van der Waals surface area (Å²) in [5, 5.41) is 19.7. The molecular weight excluding hydrogens is 630 g/mol. The van der Waals surface area contributed by atoms with E-state index in [9.17, 15) is 13.6 Å². The highest BCUT2D eigenvalue weighted by Gasteiger charge is 2.36. The number of rotatable bonds is 4. The van der Waals surface area contributed by atoms with Crippen molar-refractivity contribution >= 4 is 69.8 Å². The highest BCUT2D eigenvalue weighted by molar-refractivity contribution is 6.58. The number of carbonyl (C=O) groups excluding carboxylic acids is 1. The van der Waals surface area contributed by atoms with E-state index in [2.05, 4.69) is 67.3 Å². The molecule has 4 aromatic rings. The van der Waals surface area contributed by atoms with Gasteiger partial charge in [-0.05, 0) is 68.3 Å². The largest absolute Gasteiger partial charge is 0.491 e. The number of nitrogens with one attached hydrogen (secondary N) is 1. The molecule has 2 aliphatic rings. The van der Waals surface area contributed by atoms with E-state index in [0.717, 1.165) is 38.2 Å². The molecule has 44 heavy (non-hydrogen) atoms. The molecule has 0 saturated carbocycles. The van der Waals surface area contributed by atoms with Gasteiger partial charge in [-0.3, -0.25) is 9.69 Å². The molecule has 0 bridgehead atoms. The normalized spacial score (nSPS) is 17.0. The number of halogens is 5. The summed E-state index contributed by atoms with van der Waals surface area (Å²) in [5.74, 6) is -2.10. The number of nitrogens with zero attached hydrogens (tertiary/aromatic N) is 2. The van der Waals surface area contributed by atoms with Crippen molar-refractivity contribution in [1.82, 2.24) is 14.8 Å². The van der Waals surface area contributed by atoms with E-state index < -0.39 is 24.2 Å². The van der Waals surface area contributed by atoms with Gasteiger partial charge in [0, 0.05) is 59.3 Å². The third-order valence-electron chi connectivity index (χ3n) is 7.69. The van der Waals surface area contributed by atoms with Crippen LogP contribution >= 0.6 is 34.8 Å². The molecule has 1 aliphatic carbocycles. The Bertz CT molecular complexity index is 1610. The van der Waals surface area contributed by atoms with Crippen molar-refractivity contribution in [3.8, 4) is 0 Å². The molecular formula is C32H32BCl3F2N3O3. The van der Waals surface area contributed by atoms with Gasteiger partial charge in [0.25, 0.3) is 0 Å². The number of hydrogen-bond donors (Lipinski definition) is 3. The zero-order chi connectivity index (χ0) is 32.1. The SMILES string of the molecule is CCN(CC)C(=O)[C@@H]1C=C2c3cccc4[nH]cc(c34)C[C@H]2N(C)C1.Clc1[c]c(Cl)cc(Cl)c1.OB(O)c1cccc(F)c1F. The lowest BCUT2D eigenvalue weighted by atomic mass is 9.79. The number of hydrogen-bond acceptors (Lipinski definition) is 4. The molecule has 0 saturated heterocycles. The Morgan fingerprint density at radius 1 is 1.09 bits per heavy atom. The number of benzene rings is 3. The van der Waals surface area contributed by atoms with E-state index in [0.29, 0.717) is 21.1 Å². The first kappa shape index (κ1) is 34.0. The summed E-state index contributed by atoms with van der Waals surface area (Å²) in [5.41, 5.74) is 4.76. The Morgan fingerprint density at radius 3 is 2.34 bits per heavy atom. The molecule has 12 heteroatoms. The number of amides is 1. The molecule has 231 valence electrons. The fourth-order valence-corrected chi connectivity index (χ4v) is 6.38. The monoisotopic (exact) mass is 660 g/mol.